The molecule has 0 amide bonds. The van der Waals surface area contributed by atoms with Crippen LogP contribution in [-0.4, -0.2) is 89.2 Å². The summed E-state index contributed by atoms with van der Waals surface area (Å²) in [7, 11) is 0. The molecule has 0 aromatic carbocycles. The highest BCUT2D eigenvalue weighted by atomic mass is 16.7. The van der Waals surface area contributed by atoms with Crippen molar-refractivity contribution in [3.8, 4) is 0 Å². The molecule has 1 aliphatic rings. The van der Waals surface area contributed by atoms with Crippen LogP contribution in [0.3, 0.4) is 0 Å². The summed E-state index contributed by atoms with van der Waals surface area (Å²) in [6, 6.07) is 0. The third-order valence-electron chi connectivity index (χ3n) is 12.9. The SMILES string of the molecule is CC/C=C\C/C=C\C/C=C\C/C=C\C/C=C\CCCC(=O)OC(COC(=O)CCCCCCCC/C=C\C/C=C\C/C=C\C/C=C\CC)COC1OC(C(=O)O)C(O)C(O)C1OC(=O)CCCCCCC/C=C\C/C=C\C/C=C\CC. The van der Waals surface area contributed by atoms with Gasteiger partial charge < -0.3 is 39.0 Å². The van der Waals surface area contributed by atoms with Gasteiger partial charge in [0.05, 0.1) is 6.61 Å². The highest BCUT2D eigenvalue weighted by molar-refractivity contribution is 5.74. The van der Waals surface area contributed by atoms with Crippen LogP contribution >= 0.6 is 0 Å². The second-order valence-electron chi connectivity index (χ2n) is 20.2. The lowest BCUT2D eigenvalue weighted by Gasteiger charge is -2.40. The number of carbonyl (C=O) groups excluding carboxylic acids is 3. The number of rotatable bonds is 50. The zero-order chi connectivity index (χ0) is 58.9. The van der Waals surface area contributed by atoms with Crippen LogP contribution in [0.15, 0.2) is 146 Å². The van der Waals surface area contributed by atoms with Gasteiger partial charge in [0.15, 0.2) is 24.6 Å². The van der Waals surface area contributed by atoms with E-state index in [0.717, 1.165) is 148 Å². The van der Waals surface area contributed by atoms with Crippen LogP contribution in [0.25, 0.3) is 0 Å². The molecule has 0 aromatic rings. The minimum Gasteiger partial charge on any atom is -0.479 e. The second kappa shape index (κ2) is 55.2. The maximum atomic E-state index is 13.2. The monoisotopic (exact) mass is 1130 g/mol. The average molecular weight is 1130 g/mol. The van der Waals surface area contributed by atoms with Gasteiger partial charge in [-0.3, -0.25) is 14.4 Å². The molecule has 0 saturated carbocycles. The van der Waals surface area contributed by atoms with Crippen LogP contribution in [0.5, 0.6) is 0 Å². The minimum atomic E-state index is -1.93. The van der Waals surface area contributed by atoms with Crippen molar-refractivity contribution in [2.45, 2.75) is 250 Å². The number of allylic oxidation sites excluding steroid dienone is 24. The van der Waals surface area contributed by atoms with Crippen molar-refractivity contribution in [3.05, 3.63) is 146 Å². The Bertz CT molecular complexity index is 1960. The summed E-state index contributed by atoms with van der Waals surface area (Å²) in [5, 5.41) is 31.5. The first kappa shape index (κ1) is 73.6. The normalized spacial score (nSPS) is 18.8. The fraction of sp³-hybridized carbons (Fsp3) is 0.594. The molecule has 0 radical (unpaired) electrons. The largest absolute Gasteiger partial charge is 0.479 e. The lowest BCUT2D eigenvalue weighted by atomic mass is 9.98. The van der Waals surface area contributed by atoms with Crippen LogP contribution in [0.2, 0.25) is 0 Å². The van der Waals surface area contributed by atoms with E-state index >= 15 is 0 Å². The van der Waals surface area contributed by atoms with Crippen LogP contribution < -0.4 is 0 Å². The summed E-state index contributed by atoms with van der Waals surface area (Å²) in [5.74, 6) is -3.26. The molecule has 0 aromatic heterocycles. The molecule has 454 valence electrons. The standard InChI is InChI=1S/C69H106O12/c1-4-7-10-13-16-19-22-25-28-30-31-33-35-37-40-43-46-49-52-55-61(70)77-58-60(79-62(71)56-53-50-47-44-41-39-36-32-29-26-23-20-17-14-11-8-5-2)59-78-69-67(65(74)64(73)66(81-69)68(75)76)80-63(72)57-54-51-48-45-42-38-34-27-24-21-18-15-12-9-6-3/h7-12,16-21,25-29,31,33-34,36,39,44,47,60,64-67,69,73-74H,4-6,13-15,22-24,30,32,35,37-38,40-43,45-46,48-59H2,1-3H3,(H,75,76)/b10-7-,11-8-,12-9-,19-16-,20-17-,21-18-,28-25-,29-26-,33-31-,34-27-,39-36-,47-44-. The molecular weight excluding hydrogens is 1020 g/mol. The quantitative estimate of drug-likeness (QED) is 0.0228. The number of esters is 3. The van der Waals surface area contributed by atoms with Crippen molar-refractivity contribution in [2.24, 2.45) is 0 Å². The number of aliphatic carboxylic acids is 1. The van der Waals surface area contributed by atoms with Crippen molar-refractivity contribution in [1.82, 2.24) is 0 Å². The Kier molecular flexibility index (Phi) is 50.1. The van der Waals surface area contributed by atoms with Gasteiger partial charge >= 0.3 is 23.9 Å². The number of hydrogen-bond acceptors (Lipinski definition) is 11. The minimum absolute atomic E-state index is 0.0244. The Morgan fingerprint density at radius 1 is 0.407 bits per heavy atom. The summed E-state index contributed by atoms with van der Waals surface area (Å²) in [6.45, 7) is 5.58. The van der Waals surface area contributed by atoms with Crippen molar-refractivity contribution in [1.29, 1.82) is 0 Å². The zero-order valence-corrected chi connectivity index (χ0v) is 50.0. The van der Waals surface area contributed by atoms with E-state index in [9.17, 15) is 34.5 Å². The molecule has 1 fully saturated rings. The van der Waals surface area contributed by atoms with Gasteiger partial charge in [-0.2, -0.15) is 0 Å². The van der Waals surface area contributed by atoms with E-state index < -0.39 is 67.3 Å². The molecule has 1 heterocycles. The maximum Gasteiger partial charge on any atom is 0.335 e. The van der Waals surface area contributed by atoms with Crippen LogP contribution in [0.1, 0.15) is 213 Å². The van der Waals surface area contributed by atoms with E-state index in [1.54, 1.807) is 0 Å². The number of aliphatic hydroxyl groups excluding tert-OH is 2. The predicted molar refractivity (Wildman–Crippen MR) is 330 cm³/mol. The Hall–Kier alpha value is -5.40. The molecule has 12 heteroatoms. The van der Waals surface area contributed by atoms with Gasteiger partial charge in [0.2, 0.25) is 0 Å². The van der Waals surface area contributed by atoms with E-state index in [-0.39, 0.29) is 25.9 Å². The lowest BCUT2D eigenvalue weighted by Crippen LogP contribution is -2.61. The Morgan fingerprint density at radius 3 is 1.16 bits per heavy atom. The third kappa shape index (κ3) is 44.9. The van der Waals surface area contributed by atoms with Gasteiger partial charge in [0.1, 0.15) is 18.8 Å². The second-order valence-corrected chi connectivity index (χ2v) is 20.2. The summed E-state index contributed by atoms with van der Waals surface area (Å²) < 4.78 is 28.4. The van der Waals surface area contributed by atoms with Crippen LogP contribution in [0, 0.1) is 0 Å². The van der Waals surface area contributed by atoms with Crippen LogP contribution in [0.4, 0.5) is 0 Å². The van der Waals surface area contributed by atoms with Gasteiger partial charge in [0.25, 0.3) is 0 Å². The first-order chi connectivity index (χ1) is 39.6. The number of carboxylic acids is 1. The molecule has 6 atom stereocenters. The van der Waals surface area contributed by atoms with Gasteiger partial charge in [-0.15, -0.1) is 0 Å². The molecule has 0 aliphatic carbocycles. The molecule has 81 heavy (non-hydrogen) atoms. The number of carboxylic acid groups (broad SMARTS) is 1. The maximum absolute atomic E-state index is 13.2. The Morgan fingerprint density at radius 2 is 0.753 bits per heavy atom. The molecule has 0 spiro atoms. The van der Waals surface area contributed by atoms with Gasteiger partial charge in [0, 0.05) is 19.3 Å². The van der Waals surface area contributed by atoms with Gasteiger partial charge in [-0.05, 0) is 128 Å². The van der Waals surface area contributed by atoms with Crippen molar-refractivity contribution >= 4 is 23.9 Å². The number of unbranched alkanes of at least 4 members (excludes halogenated alkanes) is 12. The molecule has 1 saturated heterocycles. The summed E-state index contributed by atoms with van der Waals surface area (Å²) in [4.78, 5) is 51.2. The Balaban J connectivity index is 2.75. The highest BCUT2D eigenvalue weighted by Gasteiger charge is 2.50. The van der Waals surface area contributed by atoms with E-state index in [1.807, 2.05) is 12.2 Å². The third-order valence-corrected chi connectivity index (χ3v) is 12.9. The number of hydrogen-bond donors (Lipinski definition) is 3. The molecule has 6 unspecified atom stereocenters. The molecule has 3 N–H and O–H groups in total. The van der Waals surface area contributed by atoms with E-state index in [4.69, 9.17) is 23.7 Å². The predicted octanol–water partition coefficient (Wildman–Crippen LogP) is 16.3. The molecular formula is C69H106O12. The first-order valence-corrected chi connectivity index (χ1v) is 30.8. The number of aliphatic hydroxyl groups is 2. The number of ether oxygens (including phenoxy) is 5. The Labute approximate surface area is 489 Å². The van der Waals surface area contributed by atoms with E-state index in [1.165, 1.54) is 0 Å². The van der Waals surface area contributed by atoms with Crippen molar-refractivity contribution < 1.29 is 58.2 Å². The highest BCUT2D eigenvalue weighted by Crippen LogP contribution is 2.26. The van der Waals surface area contributed by atoms with E-state index in [2.05, 4.69) is 154 Å². The fourth-order valence-corrected chi connectivity index (χ4v) is 8.29. The van der Waals surface area contributed by atoms with Crippen LogP contribution in [-0.2, 0) is 42.9 Å². The van der Waals surface area contributed by atoms with Gasteiger partial charge in [-0.1, -0.05) is 212 Å². The van der Waals surface area contributed by atoms with Crippen molar-refractivity contribution in [3.63, 3.8) is 0 Å². The molecule has 12 nitrogen and oxygen atoms in total. The fourth-order valence-electron chi connectivity index (χ4n) is 8.29. The summed E-state index contributed by atoms with van der Waals surface area (Å²) in [6.07, 6.45) is 66.7. The topological polar surface area (TPSA) is 175 Å². The lowest BCUT2D eigenvalue weighted by molar-refractivity contribution is -0.301. The first-order valence-electron chi connectivity index (χ1n) is 30.8. The summed E-state index contributed by atoms with van der Waals surface area (Å²) in [5.41, 5.74) is 0. The van der Waals surface area contributed by atoms with E-state index in [0.29, 0.717) is 25.7 Å². The summed E-state index contributed by atoms with van der Waals surface area (Å²) >= 11 is 0. The van der Waals surface area contributed by atoms with Gasteiger partial charge in [-0.25, -0.2) is 4.79 Å². The smallest absolute Gasteiger partial charge is 0.335 e. The average Bonchev–Trinajstić information content (AvgIpc) is 3.52. The molecule has 1 rings (SSSR count). The van der Waals surface area contributed by atoms with Crippen molar-refractivity contribution in [2.75, 3.05) is 13.2 Å². The molecule has 1 aliphatic heterocycles. The molecule has 0 bridgehead atoms. The zero-order valence-electron chi connectivity index (χ0n) is 50.0. The number of carbonyl (C=O) groups is 4.